The van der Waals surface area contributed by atoms with Gasteiger partial charge in [-0.05, 0) is 0 Å². The second kappa shape index (κ2) is 11.4. The number of fused-ring (bicyclic) bond motifs is 1. The van der Waals surface area contributed by atoms with E-state index in [4.69, 9.17) is 42.6 Å². The largest absolute Gasteiger partial charge is 0.463 e. The lowest BCUT2D eigenvalue weighted by molar-refractivity contribution is -0.173. The number of hydrogen-bond acceptors (Lipinski definition) is 11. The van der Waals surface area contributed by atoms with Crippen LogP contribution < -0.4 is 11.5 Å². The third kappa shape index (κ3) is 5.99. The van der Waals surface area contributed by atoms with E-state index in [1.807, 2.05) is 0 Å². The molecule has 12 nitrogen and oxygen atoms in total. The van der Waals surface area contributed by atoms with Gasteiger partial charge in [-0.3, -0.25) is 14.4 Å². The van der Waals surface area contributed by atoms with Gasteiger partial charge < -0.3 is 35.0 Å². The second-order valence-corrected chi connectivity index (χ2v) is 10.2. The molecule has 1 aliphatic heterocycles. The van der Waals surface area contributed by atoms with Crippen LogP contribution in [0.25, 0.3) is 11.0 Å². The lowest BCUT2D eigenvalue weighted by Crippen LogP contribution is -2.42. The van der Waals surface area contributed by atoms with Crippen LogP contribution in [-0.2, 0) is 33.3 Å². The highest BCUT2D eigenvalue weighted by molar-refractivity contribution is 7.80. The summed E-state index contributed by atoms with van der Waals surface area (Å²) < 4.78 is 24.8. The molecule has 0 saturated carbocycles. The maximum Gasteiger partial charge on any atom is 0.308 e. The Kier molecular flexibility index (Phi) is 8.69. The normalized spacial score (nSPS) is 21.5. The predicted octanol–water partition coefficient (Wildman–Crippen LogP) is 1.88. The number of aromatic nitrogens is 3. The molecule has 1 aliphatic rings. The first-order chi connectivity index (χ1) is 17.3. The minimum absolute atomic E-state index is 0.0455. The van der Waals surface area contributed by atoms with Crippen molar-refractivity contribution in [1.29, 1.82) is 0 Å². The van der Waals surface area contributed by atoms with Gasteiger partial charge in [-0.2, -0.15) is 0 Å². The van der Waals surface area contributed by atoms with Crippen LogP contribution in [0, 0.1) is 17.8 Å². The summed E-state index contributed by atoms with van der Waals surface area (Å²) in [5, 5.41) is 0.401. The molecule has 37 heavy (non-hydrogen) atoms. The number of hydrogen-bond donors (Lipinski definition) is 2. The fourth-order valence-corrected chi connectivity index (χ4v) is 3.85. The highest BCUT2D eigenvalue weighted by Crippen LogP contribution is 2.38. The summed E-state index contributed by atoms with van der Waals surface area (Å²) >= 11 is 5.20. The second-order valence-electron chi connectivity index (χ2n) is 9.73. The molecule has 4 N–H and O–H groups in total. The molecule has 13 heteroatoms. The number of nitrogen functional groups attached to an aromatic ring is 1. The van der Waals surface area contributed by atoms with E-state index in [2.05, 4.69) is 9.97 Å². The zero-order valence-electron chi connectivity index (χ0n) is 21.7. The Morgan fingerprint density at radius 1 is 1.00 bits per heavy atom. The molecule has 0 spiro atoms. The highest BCUT2D eigenvalue weighted by Gasteiger charge is 2.52. The van der Waals surface area contributed by atoms with Gasteiger partial charge in [-0.15, -0.1) is 0 Å². The molecule has 1 unspecified atom stereocenters. The van der Waals surface area contributed by atoms with Crippen molar-refractivity contribution in [2.24, 2.45) is 23.5 Å². The molecular formula is C24H33N5O7S. The van der Waals surface area contributed by atoms with Gasteiger partial charge in [0, 0.05) is 11.8 Å². The van der Waals surface area contributed by atoms with Crippen LogP contribution in [0.5, 0.6) is 0 Å². The Morgan fingerprint density at radius 2 is 1.57 bits per heavy atom. The fourth-order valence-electron chi connectivity index (χ4n) is 3.69. The third-order valence-corrected chi connectivity index (χ3v) is 5.99. The number of esters is 3. The highest BCUT2D eigenvalue weighted by atomic mass is 32.1. The van der Waals surface area contributed by atoms with Gasteiger partial charge in [0.05, 0.1) is 23.1 Å². The Hall–Kier alpha value is -3.32. The maximum absolute atomic E-state index is 12.7. The maximum atomic E-state index is 12.7. The first-order valence-electron chi connectivity index (χ1n) is 12.0. The van der Waals surface area contributed by atoms with Crippen LogP contribution in [0.3, 0.4) is 0 Å². The van der Waals surface area contributed by atoms with Gasteiger partial charge in [-0.1, -0.05) is 53.8 Å². The van der Waals surface area contributed by atoms with Gasteiger partial charge in [0.25, 0.3) is 0 Å². The smallest absolute Gasteiger partial charge is 0.308 e. The van der Waals surface area contributed by atoms with Crippen molar-refractivity contribution in [3.05, 3.63) is 18.1 Å². The Morgan fingerprint density at radius 3 is 2.11 bits per heavy atom. The molecule has 3 rings (SSSR count). The van der Waals surface area contributed by atoms with E-state index in [0.717, 1.165) is 0 Å². The standard InChI is InChI=1S/C24H33N5O7S/c1-10(2)22(30)33-8-14-16(35-23(31)11(3)4)17(36-24(32)12(5)6)21(34-14)29-7-13(19(26)37)15-18(25)27-9-28-20(15)29/h7,9-12,14,16-17,21H,8H2,1-6H3,(H2,26,37)(H2,25,27,28)/t14-,16-,17?,21-/m1/s1. The van der Waals surface area contributed by atoms with Crippen LogP contribution >= 0.6 is 12.2 Å². The molecule has 4 atom stereocenters. The van der Waals surface area contributed by atoms with Gasteiger partial charge in [0.1, 0.15) is 35.5 Å². The van der Waals surface area contributed by atoms with E-state index in [1.54, 1.807) is 52.3 Å². The number of thiocarbonyl (C=S) groups is 1. The van der Waals surface area contributed by atoms with Crippen LogP contribution in [0.1, 0.15) is 53.3 Å². The number of rotatable bonds is 9. The number of nitrogens with two attached hydrogens (primary N) is 2. The quantitative estimate of drug-likeness (QED) is 0.272. The van der Waals surface area contributed by atoms with Crippen molar-refractivity contribution < 1.29 is 33.3 Å². The number of nitrogens with zero attached hydrogens (tertiary/aromatic N) is 3. The third-order valence-electron chi connectivity index (χ3n) is 5.77. The number of ether oxygens (including phenoxy) is 4. The van der Waals surface area contributed by atoms with Crippen molar-refractivity contribution in [3.63, 3.8) is 0 Å². The van der Waals surface area contributed by atoms with E-state index in [-0.39, 0.29) is 23.3 Å². The number of carbonyl (C=O) groups is 3. The molecule has 0 aromatic carbocycles. The Balaban J connectivity index is 2.12. The molecular weight excluding hydrogens is 502 g/mol. The van der Waals surface area contributed by atoms with Crippen LogP contribution in [0.15, 0.2) is 12.5 Å². The SMILES string of the molecule is CC(C)C(=O)OC[C@H]1O[C@@H](n2cc(C(N)=S)c3c(N)ncnc32)C(OC(=O)C(C)C)[C@@H]1OC(=O)C(C)C. The van der Waals surface area contributed by atoms with Crippen LogP contribution in [0.2, 0.25) is 0 Å². The zero-order chi connectivity index (χ0) is 27.6. The number of anilines is 1. The predicted molar refractivity (Wildman–Crippen MR) is 137 cm³/mol. The van der Waals surface area contributed by atoms with Gasteiger partial charge in [0.15, 0.2) is 18.4 Å². The summed E-state index contributed by atoms with van der Waals surface area (Å²) in [5.41, 5.74) is 12.7. The molecule has 1 fully saturated rings. The molecule has 2 aromatic rings. The van der Waals surface area contributed by atoms with Crippen molar-refractivity contribution in [2.75, 3.05) is 12.3 Å². The molecule has 0 amide bonds. The molecule has 0 bridgehead atoms. The van der Waals surface area contributed by atoms with E-state index in [1.165, 1.54) is 6.33 Å². The summed E-state index contributed by atoms with van der Waals surface area (Å²) in [7, 11) is 0. The van der Waals surface area contributed by atoms with Crippen LogP contribution in [0.4, 0.5) is 5.82 Å². The van der Waals surface area contributed by atoms with Crippen molar-refractivity contribution in [3.8, 4) is 0 Å². The molecule has 0 aliphatic carbocycles. The van der Waals surface area contributed by atoms with E-state index >= 15 is 0 Å². The Bertz CT molecular complexity index is 1200. The van der Waals surface area contributed by atoms with Crippen molar-refractivity contribution >= 4 is 52.0 Å². The zero-order valence-corrected chi connectivity index (χ0v) is 22.5. The summed E-state index contributed by atoms with van der Waals surface area (Å²) in [6, 6.07) is 0. The lowest BCUT2D eigenvalue weighted by Gasteiger charge is -2.26. The summed E-state index contributed by atoms with van der Waals surface area (Å²) in [4.78, 5) is 46.0. The van der Waals surface area contributed by atoms with Crippen molar-refractivity contribution in [2.45, 2.75) is 66.1 Å². The topological polar surface area (TPSA) is 171 Å². The number of carbonyl (C=O) groups excluding carboxylic acids is 3. The first-order valence-corrected chi connectivity index (χ1v) is 12.4. The molecule has 3 heterocycles. The molecule has 202 valence electrons. The minimum Gasteiger partial charge on any atom is -0.463 e. The average Bonchev–Trinajstić information content (AvgIpc) is 3.36. The van der Waals surface area contributed by atoms with E-state index in [0.29, 0.717) is 16.6 Å². The van der Waals surface area contributed by atoms with E-state index in [9.17, 15) is 14.4 Å². The summed E-state index contributed by atoms with van der Waals surface area (Å²) in [6.45, 7) is 9.84. The lowest BCUT2D eigenvalue weighted by atomic mass is 10.1. The fraction of sp³-hybridized carbons (Fsp3) is 0.583. The average molecular weight is 536 g/mol. The van der Waals surface area contributed by atoms with Gasteiger partial charge in [0.2, 0.25) is 0 Å². The van der Waals surface area contributed by atoms with E-state index < -0.39 is 54.3 Å². The van der Waals surface area contributed by atoms with Crippen molar-refractivity contribution in [1.82, 2.24) is 14.5 Å². The first kappa shape index (κ1) is 28.3. The monoisotopic (exact) mass is 535 g/mol. The summed E-state index contributed by atoms with van der Waals surface area (Å²) in [6.07, 6.45) is -1.37. The Labute approximate surface area is 220 Å². The molecule has 0 radical (unpaired) electrons. The molecule has 1 saturated heterocycles. The van der Waals surface area contributed by atoms with Gasteiger partial charge >= 0.3 is 17.9 Å². The van der Waals surface area contributed by atoms with Gasteiger partial charge in [-0.25, -0.2) is 9.97 Å². The minimum atomic E-state index is -1.12. The summed E-state index contributed by atoms with van der Waals surface area (Å²) in [5.74, 6) is -2.72. The molecule has 2 aromatic heterocycles. The van der Waals surface area contributed by atoms with Crippen LogP contribution in [-0.4, -0.2) is 62.4 Å².